The van der Waals surface area contributed by atoms with Crippen LogP contribution in [0.25, 0.3) is 22.4 Å². The van der Waals surface area contributed by atoms with Crippen LogP contribution in [-0.4, -0.2) is 14.9 Å². The summed E-state index contributed by atoms with van der Waals surface area (Å²) in [6.07, 6.45) is 0. The fourth-order valence-electron chi connectivity index (χ4n) is 2.11. The highest BCUT2D eigenvalue weighted by Gasteiger charge is 2.25. The largest absolute Gasteiger partial charge is 0.454 e. The molecule has 7 nitrogen and oxygen atoms in total. The van der Waals surface area contributed by atoms with E-state index in [9.17, 15) is 14.5 Å². The Bertz CT molecular complexity index is 875. The highest BCUT2D eigenvalue weighted by Crippen LogP contribution is 2.34. The number of fused-ring (bicyclic) bond motifs is 1. The SMILES string of the molecule is Cc1nc(N)nc(-c2cc3cc(F)ccc3o2)c1[N+](=O)[O-]. The van der Waals surface area contributed by atoms with Crippen molar-refractivity contribution in [3.63, 3.8) is 0 Å². The van der Waals surface area contributed by atoms with E-state index in [0.29, 0.717) is 11.0 Å². The van der Waals surface area contributed by atoms with E-state index in [1.165, 1.54) is 31.2 Å². The van der Waals surface area contributed by atoms with E-state index >= 15 is 0 Å². The molecule has 0 radical (unpaired) electrons. The first kappa shape index (κ1) is 13.0. The smallest absolute Gasteiger partial charge is 0.319 e. The number of hydrogen-bond donors (Lipinski definition) is 1. The molecule has 3 rings (SSSR count). The van der Waals surface area contributed by atoms with Crippen molar-refractivity contribution in [1.29, 1.82) is 0 Å². The van der Waals surface area contributed by atoms with Gasteiger partial charge in [0.25, 0.3) is 0 Å². The summed E-state index contributed by atoms with van der Waals surface area (Å²) in [6, 6.07) is 5.43. The van der Waals surface area contributed by atoms with E-state index in [-0.39, 0.29) is 28.8 Å². The number of hydrogen-bond acceptors (Lipinski definition) is 6. The maximum Gasteiger partial charge on any atom is 0.319 e. The molecule has 3 aromatic rings. The molecule has 0 aliphatic carbocycles. The number of furan rings is 1. The van der Waals surface area contributed by atoms with Gasteiger partial charge < -0.3 is 10.2 Å². The molecule has 0 atom stereocenters. The van der Waals surface area contributed by atoms with Gasteiger partial charge in [0, 0.05) is 5.39 Å². The average molecular weight is 288 g/mol. The average Bonchev–Trinajstić information content (AvgIpc) is 2.79. The third-order valence-electron chi connectivity index (χ3n) is 2.97. The fourth-order valence-corrected chi connectivity index (χ4v) is 2.11. The van der Waals surface area contributed by atoms with Crippen molar-refractivity contribution in [1.82, 2.24) is 9.97 Å². The van der Waals surface area contributed by atoms with Gasteiger partial charge in [-0.15, -0.1) is 0 Å². The van der Waals surface area contributed by atoms with Crippen LogP contribution < -0.4 is 5.73 Å². The lowest BCUT2D eigenvalue weighted by molar-refractivity contribution is -0.385. The Hall–Kier alpha value is -3.03. The number of aryl methyl sites for hydroxylation is 1. The van der Waals surface area contributed by atoms with Gasteiger partial charge in [0.2, 0.25) is 5.95 Å². The Labute approximate surface area is 117 Å². The van der Waals surface area contributed by atoms with Crippen LogP contribution in [0.1, 0.15) is 5.69 Å². The fraction of sp³-hybridized carbons (Fsp3) is 0.0769. The minimum Gasteiger partial charge on any atom is -0.454 e. The molecule has 0 fully saturated rings. The zero-order chi connectivity index (χ0) is 15.1. The molecule has 0 spiro atoms. The lowest BCUT2D eigenvalue weighted by Gasteiger charge is -2.02. The molecule has 2 heterocycles. The number of aromatic nitrogens is 2. The third-order valence-corrected chi connectivity index (χ3v) is 2.97. The van der Waals surface area contributed by atoms with Crippen LogP contribution in [0.15, 0.2) is 28.7 Å². The van der Waals surface area contributed by atoms with Crippen molar-refractivity contribution < 1.29 is 13.7 Å². The van der Waals surface area contributed by atoms with Crippen molar-refractivity contribution in [3.8, 4) is 11.5 Å². The second kappa shape index (κ2) is 4.51. The van der Waals surface area contributed by atoms with Crippen LogP contribution in [0.2, 0.25) is 0 Å². The van der Waals surface area contributed by atoms with Gasteiger partial charge in [-0.3, -0.25) is 10.1 Å². The molecule has 0 saturated carbocycles. The molecule has 0 saturated heterocycles. The Morgan fingerprint density at radius 3 is 2.81 bits per heavy atom. The highest BCUT2D eigenvalue weighted by molar-refractivity contribution is 5.84. The number of rotatable bonds is 2. The molecule has 1 aromatic carbocycles. The Balaban J connectivity index is 2.29. The van der Waals surface area contributed by atoms with Crippen molar-refractivity contribution in [2.75, 3.05) is 5.73 Å². The molecule has 0 bridgehead atoms. The van der Waals surface area contributed by atoms with Gasteiger partial charge in [-0.1, -0.05) is 0 Å². The zero-order valence-corrected chi connectivity index (χ0v) is 10.8. The van der Waals surface area contributed by atoms with Crippen LogP contribution in [0.4, 0.5) is 16.0 Å². The van der Waals surface area contributed by atoms with Crippen molar-refractivity contribution in [3.05, 3.63) is 45.9 Å². The number of nitrogens with two attached hydrogens (primary N) is 1. The monoisotopic (exact) mass is 288 g/mol. The van der Waals surface area contributed by atoms with Gasteiger partial charge in [-0.2, -0.15) is 0 Å². The summed E-state index contributed by atoms with van der Waals surface area (Å²) >= 11 is 0. The molecule has 8 heteroatoms. The maximum atomic E-state index is 13.2. The number of halogens is 1. The summed E-state index contributed by atoms with van der Waals surface area (Å²) in [5.41, 5.74) is 5.76. The van der Waals surface area contributed by atoms with Gasteiger partial charge in [-0.25, -0.2) is 14.4 Å². The Kier molecular flexibility index (Phi) is 2.79. The molecule has 0 amide bonds. The molecule has 2 N–H and O–H groups in total. The van der Waals surface area contributed by atoms with Gasteiger partial charge >= 0.3 is 5.69 Å². The molecule has 0 aliphatic rings. The number of anilines is 1. The first-order valence-corrected chi connectivity index (χ1v) is 5.93. The van der Waals surface area contributed by atoms with E-state index in [2.05, 4.69) is 9.97 Å². The number of nitrogens with zero attached hydrogens (tertiary/aromatic N) is 3. The first-order chi connectivity index (χ1) is 9.95. The van der Waals surface area contributed by atoms with Gasteiger partial charge in [0.1, 0.15) is 17.1 Å². The van der Waals surface area contributed by atoms with Crippen LogP contribution in [0.5, 0.6) is 0 Å². The Morgan fingerprint density at radius 2 is 2.10 bits per heavy atom. The zero-order valence-electron chi connectivity index (χ0n) is 10.8. The summed E-state index contributed by atoms with van der Waals surface area (Å²) in [7, 11) is 0. The minimum atomic E-state index is -0.599. The van der Waals surface area contributed by atoms with E-state index < -0.39 is 10.7 Å². The first-order valence-electron chi connectivity index (χ1n) is 5.93. The van der Waals surface area contributed by atoms with Crippen molar-refractivity contribution in [2.45, 2.75) is 6.92 Å². The molecule has 2 aromatic heterocycles. The predicted molar refractivity (Wildman–Crippen MR) is 73.0 cm³/mol. The maximum absolute atomic E-state index is 13.2. The molecule has 0 unspecified atom stereocenters. The van der Waals surface area contributed by atoms with Crippen LogP contribution in [-0.2, 0) is 0 Å². The second-order valence-corrected chi connectivity index (χ2v) is 4.41. The number of nitrogen functional groups attached to an aromatic ring is 1. The molecule has 106 valence electrons. The number of benzene rings is 1. The van der Waals surface area contributed by atoms with E-state index in [4.69, 9.17) is 10.2 Å². The van der Waals surface area contributed by atoms with Crippen LogP contribution in [0, 0.1) is 22.9 Å². The standard InChI is InChI=1S/C13H9FN4O3/c1-6-12(18(19)20)11(17-13(15)16-6)10-5-7-4-8(14)2-3-9(7)21-10/h2-5H,1H3,(H2,15,16,17). The number of nitro groups is 1. The van der Waals surface area contributed by atoms with Gasteiger partial charge in [0.05, 0.1) is 4.92 Å². The third kappa shape index (κ3) is 2.16. The van der Waals surface area contributed by atoms with Crippen LogP contribution >= 0.6 is 0 Å². The molecular weight excluding hydrogens is 279 g/mol. The Morgan fingerprint density at radius 1 is 1.33 bits per heavy atom. The van der Waals surface area contributed by atoms with Crippen molar-refractivity contribution in [2.24, 2.45) is 0 Å². The molecule has 21 heavy (non-hydrogen) atoms. The normalized spacial score (nSPS) is 11.0. The predicted octanol–water partition coefficient (Wildman–Crippen LogP) is 2.83. The highest BCUT2D eigenvalue weighted by atomic mass is 19.1. The van der Waals surface area contributed by atoms with E-state index in [1.807, 2.05) is 0 Å². The minimum absolute atomic E-state index is 0.0263. The van der Waals surface area contributed by atoms with Gasteiger partial charge in [-0.05, 0) is 31.2 Å². The lowest BCUT2D eigenvalue weighted by Crippen LogP contribution is -2.04. The topological polar surface area (TPSA) is 108 Å². The quantitative estimate of drug-likeness (QED) is 0.573. The van der Waals surface area contributed by atoms with E-state index in [1.54, 1.807) is 0 Å². The molecule has 0 aliphatic heterocycles. The summed E-state index contributed by atoms with van der Waals surface area (Å²) < 4.78 is 18.7. The lowest BCUT2D eigenvalue weighted by atomic mass is 10.2. The molecular formula is C13H9FN4O3. The van der Waals surface area contributed by atoms with Gasteiger partial charge in [0.15, 0.2) is 11.5 Å². The van der Waals surface area contributed by atoms with E-state index in [0.717, 1.165) is 0 Å². The summed E-state index contributed by atoms with van der Waals surface area (Å²) in [5.74, 6) is -0.387. The van der Waals surface area contributed by atoms with Crippen molar-refractivity contribution >= 4 is 22.6 Å². The summed E-state index contributed by atoms with van der Waals surface area (Å²) in [5, 5.41) is 11.7. The summed E-state index contributed by atoms with van der Waals surface area (Å²) in [6.45, 7) is 1.46. The van der Waals surface area contributed by atoms with Crippen LogP contribution in [0.3, 0.4) is 0 Å². The second-order valence-electron chi connectivity index (χ2n) is 4.41. The summed E-state index contributed by atoms with van der Waals surface area (Å²) in [4.78, 5) is 18.2.